The van der Waals surface area contributed by atoms with Crippen molar-refractivity contribution in [2.75, 3.05) is 0 Å². The van der Waals surface area contributed by atoms with Crippen molar-refractivity contribution >= 4 is 119 Å². The average molecular weight is 1440 g/mol. The van der Waals surface area contributed by atoms with Gasteiger partial charge < -0.3 is 17.8 Å². The third-order valence-corrected chi connectivity index (χ3v) is 22.2. The Bertz CT molecular complexity index is 6130. The molecule has 0 unspecified atom stereocenters. The van der Waals surface area contributed by atoms with E-state index in [9.17, 15) is 0 Å². The van der Waals surface area contributed by atoms with Gasteiger partial charge >= 0.3 is 0 Å². The first kappa shape index (κ1) is 74.1. The molecule has 544 valence electrons. The molecule has 108 heavy (non-hydrogen) atoms. The van der Waals surface area contributed by atoms with Crippen molar-refractivity contribution in [1.29, 1.82) is 0 Å². The summed E-state index contributed by atoms with van der Waals surface area (Å²) >= 11 is 1.88. The van der Waals surface area contributed by atoms with Crippen LogP contribution >= 0.6 is 11.3 Å². The number of thiophene rings is 1. The van der Waals surface area contributed by atoms with Crippen LogP contribution in [0.15, 0.2) is 298 Å². The second-order valence-corrected chi connectivity index (χ2v) is 36.4. The molecule has 5 heterocycles. The van der Waals surface area contributed by atoms with E-state index >= 15 is 0 Å². The maximum Gasteiger partial charge on any atom is 0.139 e. The van der Waals surface area contributed by atoms with Crippen molar-refractivity contribution in [2.45, 2.75) is 164 Å². The van der Waals surface area contributed by atoms with Crippen molar-refractivity contribution in [2.24, 2.45) is 0 Å². The first-order valence-electron chi connectivity index (χ1n) is 38.3. The highest BCUT2D eigenvalue weighted by Gasteiger charge is 2.26. The highest BCUT2D eigenvalue weighted by molar-refractivity contribution is 7.25. The van der Waals surface area contributed by atoms with Gasteiger partial charge in [0, 0.05) is 74.5 Å². The number of hydrogen-bond donors (Lipinski definition) is 0. The van der Waals surface area contributed by atoms with Gasteiger partial charge in [0.15, 0.2) is 0 Å². The fourth-order valence-corrected chi connectivity index (χ4v) is 16.3. The summed E-state index contributed by atoms with van der Waals surface area (Å²) in [5.41, 5.74) is 24.6. The van der Waals surface area contributed by atoms with E-state index < -0.39 is 0 Å². The van der Waals surface area contributed by atoms with Gasteiger partial charge in [0.05, 0.1) is 11.0 Å². The Balaban J connectivity index is 0.000000109. The summed E-state index contributed by atoms with van der Waals surface area (Å²) in [6.45, 7) is 40.6. The van der Waals surface area contributed by atoms with E-state index in [0.717, 1.165) is 39.9 Å². The smallest absolute Gasteiger partial charge is 0.139 e. The fourth-order valence-electron chi connectivity index (χ4n) is 15.2. The van der Waals surface area contributed by atoms with Crippen LogP contribution in [0.25, 0.3) is 125 Å². The van der Waals surface area contributed by atoms with Gasteiger partial charge in [-0.05, 0) is 168 Å². The van der Waals surface area contributed by atoms with Crippen LogP contribution in [0.1, 0.15) is 169 Å². The molecule has 5 heteroatoms. The Morgan fingerprint density at radius 3 is 1.34 bits per heavy atom. The lowest BCUT2D eigenvalue weighted by Gasteiger charge is -2.20. The monoisotopic (exact) mass is 1430 g/mol. The lowest BCUT2D eigenvalue weighted by Crippen LogP contribution is -2.11. The Hall–Kier alpha value is -10.7. The van der Waals surface area contributed by atoms with Gasteiger partial charge in [-0.25, -0.2) is 0 Å². The van der Waals surface area contributed by atoms with E-state index in [-0.39, 0.29) is 32.5 Å². The SMILES string of the molecule is CC(C)(C)c1ccc2c(c1)Cc1ccccc1-2.CC(C)(C)c1ccc2oc3ccccc3c2c1.CC(C)(C)c1ccc2sc3ccccc3c2c1.CC(C)(C)c1cccc2c1c1ccccc1n2-c1ccccc1.CC(C)(C)c1cccc2c1oc1ccccc12.CC(C)(C)c1cccc2oc3ccccc3c12. The van der Waals surface area contributed by atoms with Crippen LogP contribution in [0.2, 0.25) is 0 Å². The van der Waals surface area contributed by atoms with Gasteiger partial charge in [0.1, 0.15) is 33.5 Å². The van der Waals surface area contributed by atoms with E-state index in [1.54, 1.807) is 0 Å². The quantitative estimate of drug-likeness (QED) is 0.165. The summed E-state index contributed by atoms with van der Waals surface area (Å²) in [5.74, 6) is 0. The van der Waals surface area contributed by atoms with Gasteiger partial charge in [-0.1, -0.05) is 331 Å². The normalized spacial score (nSPS) is 12.5. The van der Waals surface area contributed by atoms with E-state index in [1.807, 2.05) is 53.8 Å². The zero-order valence-corrected chi connectivity index (χ0v) is 67.2. The number of rotatable bonds is 1. The zero-order valence-electron chi connectivity index (χ0n) is 66.4. The standard InChI is InChI=1S/C22H21N.C17H18.3C16H16O.C16H16S/c1-22(2,3)18-13-9-15-20-21(18)17-12-7-8-14-19(17)23(20)16-10-5-4-6-11-16;1-17(2,3)14-8-9-16-13(11-14)10-12-6-4-5-7-15(12)16;1-16(2,3)13-9-6-8-12-11-7-4-5-10-14(11)17-15(12)13;1-16(2,3)12-8-6-10-14-15(12)11-7-4-5-9-13(11)17-14;2*1-16(2,3)11-8-9-15-13(10-11)12-6-4-5-7-14(12)17-15/h4-15H,1-3H3;4-9,11H,10H2,1-3H3;4*4-10H,1-3H3. The van der Waals surface area contributed by atoms with E-state index in [2.05, 4.69) is 372 Å². The van der Waals surface area contributed by atoms with Crippen molar-refractivity contribution in [3.63, 3.8) is 0 Å². The molecular weight excluding hydrogens is 1330 g/mol. The van der Waals surface area contributed by atoms with Crippen LogP contribution in [0.4, 0.5) is 0 Å². The largest absolute Gasteiger partial charge is 0.456 e. The molecule has 13 aromatic carbocycles. The maximum atomic E-state index is 6.01. The topological polar surface area (TPSA) is 44.4 Å². The highest BCUT2D eigenvalue weighted by Crippen LogP contribution is 2.44. The van der Waals surface area contributed by atoms with E-state index in [0.29, 0.717) is 0 Å². The number of fused-ring (bicyclic) bond motifs is 18. The zero-order chi connectivity index (χ0) is 76.2. The van der Waals surface area contributed by atoms with Gasteiger partial charge in [0.25, 0.3) is 0 Å². The van der Waals surface area contributed by atoms with Gasteiger partial charge in [-0.3, -0.25) is 0 Å². The summed E-state index contributed by atoms with van der Waals surface area (Å²) in [5, 5.41) is 12.8. The summed E-state index contributed by atoms with van der Waals surface area (Å²) in [6, 6.07) is 101. The van der Waals surface area contributed by atoms with Crippen LogP contribution < -0.4 is 0 Å². The predicted octanol–water partition coefficient (Wildman–Crippen LogP) is 30.6. The van der Waals surface area contributed by atoms with Crippen LogP contribution in [-0.4, -0.2) is 4.57 Å². The fraction of sp³-hybridized carbons (Fsp3) is 0.243. The molecule has 18 aromatic rings. The Morgan fingerprint density at radius 1 is 0.259 bits per heavy atom. The van der Waals surface area contributed by atoms with E-state index in [4.69, 9.17) is 13.3 Å². The lowest BCUT2D eigenvalue weighted by atomic mass is 9.84. The average Bonchev–Trinajstić information content (AvgIpc) is 1.57. The molecule has 0 atom stereocenters. The minimum Gasteiger partial charge on any atom is -0.456 e. The molecule has 0 fully saturated rings. The lowest BCUT2D eigenvalue weighted by molar-refractivity contribution is 0.573. The number of hydrogen-bond acceptors (Lipinski definition) is 4. The van der Waals surface area contributed by atoms with Crippen molar-refractivity contribution in [3.05, 3.63) is 330 Å². The molecule has 0 aliphatic heterocycles. The number of benzene rings is 13. The van der Waals surface area contributed by atoms with Crippen LogP contribution in [0.3, 0.4) is 0 Å². The van der Waals surface area contributed by atoms with Crippen LogP contribution in [0.5, 0.6) is 0 Å². The number of aromatic nitrogens is 1. The molecule has 5 aromatic heterocycles. The first-order valence-corrected chi connectivity index (χ1v) is 39.1. The molecule has 0 N–H and O–H groups in total. The predicted molar refractivity (Wildman–Crippen MR) is 468 cm³/mol. The number of furan rings is 3. The van der Waals surface area contributed by atoms with Gasteiger partial charge in [-0.15, -0.1) is 11.3 Å². The number of para-hydroxylation sites is 6. The minimum absolute atomic E-state index is 0.105. The summed E-state index contributed by atoms with van der Waals surface area (Å²) in [6.07, 6.45) is 1.09. The Labute approximate surface area is 642 Å². The minimum atomic E-state index is 0.105. The van der Waals surface area contributed by atoms with Crippen molar-refractivity contribution in [1.82, 2.24) is 4.57 Å². The summed E-state index contributed by atoms with van der Waals surface area (Å²) < 4.78 is 22.9. The van der Waals surface area contributed by atoms with Crippen molar-refractivity contribution in [3.8, 4) is 16.8 Å². The summed E-state index contributed by atoms with van der Waals surface area (Å²) in [7, 11) is 0. The molecule has 1 aliphatic carbocycles. The molecule has 4 nitrogen and oxygen atoms in total. The first-order chi connectivity index (χ1) is 51.4. The van der Waals surface area contributed by atoms with Crippen molar-refractivity contribution < 1.29 is 13.3 Å². The number of nitrogens with zero attached hydrogens (tertiary/aromatic N) is 1. The summed E-state index contributed by atoms with van der Waals surface area (Å²) in [4.78, 5) is 0. The van der Waals surface area contributed by atoms with E-state index in [1.165, 1.54) is 136 Å². The Kier molecular flexibility index (Phi) is 20.0. The Morgan fingerprint density at radius 2 is 0.685 bits per heavy atom. The molecule has 0 amide bonds. The van der Waals surface area contributed by atoms with Gasteiger partial charge in [-0.2, -0.15) is 0 Å². The molecule has 1 aliphatic rings. The molecule has 0 bridgehead atoms. The molecule has 0 radical (unpaired) electrons. The maximum absolute atomic E-state index is 6.01. The molecule has 0 saturated carbocycles. The van der Waals surface area contributed by atoms with Gasteiger partial charge in [0.2, 0.25) is 0 Å². The molecular formula is C103H103NO3S. The highest BCUT2D eigenvalue weighted by atomic mass is 32.1. The molecule has 0 spiro atoms. The second kappa shape index (κ2) is 29.1. The third kappa shape index (κ3) is 15.2. The van der Waals surface area contributed by atoms with Crippen LogP contribution in [-0.2, 0) is 38.9 Å². The third-order valence-electron chi connectivity index (χ3n) is 21.1. The molecule has 0 saturated heterocycles. The molecule has 19 rings (SSSR count). The second-order valence-electron chi connectivity index (χ2n) is 35.3. The van der Waals surface area contributed by atoms with Crippen LogP contribution in [0, 0.1) is 0 Å².